The zero-order valence-corrected chi connectivity index (χ0v) is 11.0. The minimum Gasteiger partial charge on any atom is -0.492 e. The Labute approximate surface area is 108 Å². The van der Waals surface area contributed by atoms with Crippen LogP contribution >= 0.6 is 0 Å². The topological polar surface area (TPSA) is 50.4 Å². The third kappa shape index (κ3) is 3.01. The van der Waals surface area contributed by atoms with Crippen LogP contribution in [0.1, 0.15) is 25.3 Å². The van der Waals surface area contributed by atoms with Gasteiger partial charge in [-0.1, -0.05) is 6.07 Å². The van der Waals surface area contributed by atoms with Crippen molar-refractivity contribution in [2.24, 2.45) is 0 Å². The summed E-state index contributed by atoms with van der Waals surface area (Å²) in [5.74, 6) is 0.765. The normalized spacial score (nSPS) is 18.7. The van der Waals surface area contributed by atoms with Crippen molar-refractivity contribution in [2.75, 3.05) is 18.5 Å². The quantitative estimate of drug-likeness (QED) is 0.857. The highest BCUT2D eigenvalue weighted by atomic mass is 16.5. The molecule has 1 aliphatic heterocycles. The van der Waals surface area contributed by atoms with Gasteiger partial charge in [0.2, 0.25) is 5.91 Å². The smallest absolute Gasteiger partial charge is 0.241 e. The summed E-state index contributed by atoms with van der Waals surface area (Å²) >= 11 is 0. The molecule has 1 saturated heterocycles. The summed E-state index contributed by atoms with van der Waals surface area (Å²) in [6.07, 6.45) is 1.96. The van der Waals surface area contributed by atoms with Crippen molar-refractivity contribution >= 4 is 11.6 Å². The van der Waals surface area contributed by atoms with Crippen LogP contribution in [0.25, 0.3) is 0 Å². The molecule has 0 bridgehead atoms. The number of carbonyl (C=O) groups is 1. The first-order valence-corrected chi connectivity index (χ1v) is 6.48. The molecule has 0 radical (unpaired) electrons. The van der Waals surface area contributed by atoms with E-state index in [9.17, 15) is 4.79 Å². The molecule has 2 rings (SSSR count). The minimum absolute atomic E-state index is 0.0253. The summed E-state index contributed by atoms with van der Waals surface area (Å²) < 4.78 is 5.55. The van der Waals surface area contributed by atoms with Gasteiger partial charge in [-0.15, -0.1) is 0 Å². The summed E-state index contributed by atoms with van der Waals surface area (Å²) in [4.78, 5) is 12.0. The first kappa shape index (κ1) is 12.9. The Kier molecular flexibility index (Phi) is 4.20. The molecule has 1 aromatic carbocycles. The van der Waals surface area contributed by atoms with Crippen LogP contribution < -0.4 is 15.4 Å². The van der Waals surface area contributed by atoms with Crippen molar-refractivity contribution in [2.45, 2.75) is 32.7 Å². The first-order valence-electron chi connectivity index (χ1n) is 6.48. The van der Waals surface area contributed by atoms with E-state index in [2.05, 4.69) is 10.6 Å². The number of anilines is 1. The van der Waals surface area contributed by atoms with Gasteiger partial charge >= 0.3 is 0 Å². The summed E-state index contributed by atoms with van der Waals surface area (Å²) in [6, 6.07) is 5.75. The van der Waals surface area contributed by atoms with E-state index in [4.69, 9.17) is 4.74 Å². The summed E-state index contributed by atoms with van der Waals surface area (Å²) in [5.41, 5.74) is 1.87. The van der Waals surface area contributed by atoms with Crippen LogP contribution in [0.4, 0.5) is 5.69 Å². The average Bonchev–Trinajstić information content (AvgIpc) is 2.86. The standard InChI is InChI=1S/C14H20N2O2/c1-3-18-13-9-10(2)6-7-11(13)16-14(17)12-5-4-8-15-12/h6-7,9,12,15H,3-5,8H2,1-2H3,(H,16,17)/t12-/m0/s1. The van der Waals surface area contributed by atoms with E-state index in [1.165, 1.54) is 0 Å². The Morgan fingerprint density at radius 3 is 3.06 bits per heavy atom. The maximum absolute atomic E-state index is 12.0. The molecule has 0 spiro atoms. The van der Waals surface area contributed by atoms with Crippen molar-refractivity contribution in [3.63, 3.8) is 0 Å². The Hall–Kier alpha value is -1.55. The van der Waals surface area contributed by atoms with E-state index in [1.807, 2.05) is 32.0 Å². The van der Waals surface area contributed by atoms with Crippen molar-refractivity contribution in [1.82, 2.24) is 5.32 Å². The van der Waals surface area contributed by atoms with Crippen LogP contribution in [0.2, 0.25) is 0 Å². The number of amides is 1. The van der Waals surface area contributed by atoms with Crippen molar-refractivity contribution in [1.29, 1.82) is 0 Å². The number of hydrogen-bond acceptors (Lipinski definition) is 3. The highest BCUT2D eigenvalue weighted by Crippen LogP contribution is 2.26. The van der Waals surface area contributed by atoms with Gasteiger partial charge in [0.25, 0.3) is 0 Å². The molecule has 1 fully saturated rings. The second-order valence-corrected chi connectivity index (χ2v) is 4.57. The summed E-state index contributed by atoms with van der Waals surface area (Å²) in [6.45, 7) is 5.46. The molecular weight excluding hydrogens is 228 g/mol. The summed E-state index contributed by atoms with van der Waals surface area (Å²) in [7, 11) is 0. The lowest BCUT2D eigenvalue weighted by Crippen LogP contribution is -2.35. The zero-order chi connectivity index (χ0) is 13.0. The zero-order valence-electron chi connectivity index (χ0n) is 11.0. The number of rotatable bonds is 4. The monoisotopic (exact) mass is 248 g/mol. The van der Waals surface area contributed by atoms with Gasteiger partial charge in [0.05, 0.1) is 18.3 Å². The molecule has 1 heterocycles. The molecule has 0 aromatic heterocycles. The predicted molar refractivity (Wildman–Crippen MR) is 72.0 cm³/mol. The van der Waals surface area contributed by atoms with Crippen LogP contribution in [0, 0.1) is 6.92 Å². The van der Waals surface area contributed by atoms with Gasteiger partial charge in [-0.2, -0.15) is 0 Å². The number of nitrogens with one attached hydrogen (secondary N) is 2. The molecule has 2 N–H and O–H groups in total. The molecule has 18 heavy (non-hydrogen) atoms. The lowest BCUT2D eigenvalue weighted by molar-refractivity contribution is -0.117. The van der Waals surface area contributed by atoms with Crippen LogP contribution in [-0.4, -0.2) is 25.1 Å². The van der Waals surface area contributed by atoms with Gasteiger partial charge in [-0.3, -0.25) is 4.79 Å². The Balaban J connectivity index is 2.09. The molecule has 0 aliphatic carbocycles. The molecule has 4 nitrogen and oxygen atoms in total. The Morgan fingerprint density at radius 2 is 2.39 bits per heavy atom. The van der Waals surface area contributed by atoms with Crippen molar-refractivity contribution in [3.05, 3.63) is 23.8 Å². The van der Waals surface area contributed by atoms with E-state index in [1.54, 1.807) is 0 Å². The van der Waals surface area contributed by atoms with E-state index in [0.29, 0.717) is 6.61 Å². The third-order valence-corrected chi connectivity index (χ3v) is 3.07. The van der Waals surface area contributed by atoms with Crippen molar-refractivity contribution < 1.29 is 9.53 Å². The second kappa shape index (κ2) is 5.87. The molecule has 1 aromatic rings. The van der Waals surface area contributed by atoms with Crippen LogP contribution in [-0.2, 0) is 4.79 Å². The molecule has 1 atom stereocenters. The largest absolute Gasteiger partial charge is 0.492 e. The maximum Gasteiger partial charge on any atom is 0.241 e. The molecule has 98 valence electrons. The minimum atomic E-state index is -0.0687. The molecule has 4 heteroatoms. The summed E-state index contributed by atoms with van der Waals surface area (Å²) in [5, 5.41) is 6.12. The van der Waals surface area contributed by atoms with Crippen LogP contribution in [0.15, 0.2) is 18.2 Å². The van der Waals surface area contributed by atoms with E-state index in [-0.39, 0.29) is 11.9 Å². The van der Waals surface area contributed by atoms with Crippen LogP contribution in [0.3, 0.4) is 0 Å². The Bertz CT molecular complexity index is 426. The molecule has 0 saturated carbocycles. The highest BCUT2D eigenvalue weighted by Gasteiger charge is 2.22. The number of hydrogen-bond donors (Lipinski definition) is 2. The predicted octanol–water partition coefficient (Wildman–Crippen LogP) is 2.08. The molecule has 0 unspecified atom stereocenters. The molecule has 1 aliphatic rings. The fourth-order valence-electron chi connectivity index (χ4n) is 2.14. The Morgan fingerprint density at radius 1 is 1.56 bits per heavy atom. The van der Waals surface area contributed by atoms with Gasteiger partial charge in [-0.05, 0) is 50.9 Å². The van der Waals surface area contributed by atoms with Gasteiger partial charge in [0.15, 0.2) is 0 Å². The van der Waals surface area contributed by atoms with Crippen molar-refractivity contribution in [3.8, 4) is 5.75 Å². The van der Waals surface area contributed by atoms with Gasteiger partial charge in [0, 0.05) is 0 Å². The van der Waals surface area contributed by atoms with Gasteiger partial charge in [0.1, 0.15) is 5.75 Å². The third-order valence-electron chi connectivity index (χ3n) is 3.07. The SMILES string of the molecule is CCOc1cc(C)ccc1NC(=O)[C@@H]1CCCN1. The average molecular weight is 248 g/mol. The second-order valence-electron chi connectivity index (χ2n) is 4.57. The molecular formula is C14H20N2O2. The fourth-order valence-corrected chi connectivity index (χ4v) is 2.14. The van der Waals surface area contributed by atoms with E-state index < -0.39 is 0 Å². The van der Waals surface area contributed by atoms with Crippen LogP contribution in [0.5, 0.6) is 5.75 Å². The van der Waals surface area contributed by atoms with Gasteiger partial charge < -0.3 is 15.4 Å². The van der Waals surface area contributed by atoms with E-state index in [0.717, 1.165) is 36.4 Å². The van der Waals surface area contributed by atoms with E-state index >= 15 is 0 Å². The highest BCUT2D eigenvalue weighted by molar-refractivity contribution is 5.96. The number of aryl methyl sites for hydroxylation is 1. The van der Waals surface area contributed by atoms with Gasteiger partial charge in [-0.25, -0.2) is 0 Å². The fraction of sp³-hybridized carbons (Fsp3) is 0.500. The lowest BCUT2D eigenvalue weighted by atomic mass is 10.2. The molecule has 1 amide bonds. The number of carbonyl (C=O) groups excluding carboxylic acids is 1. The first-order chi connectivity index (χ1) is 8.70. The number of ether oxygens (including phenoxy) is 1. The lowest BCUT2D eigenvalue weighted by Gasteiger charge is -2.15. The number of benzene rings is 1. The maximum atomic E-state index is 12.0.